The third-order valence-electron chi connectivity index (χ3n) is 3.17. The molecule has 0 radical (unpaired) electrons. The summed E-state index contributed by atoms with van der Waals surface area (Å²) >= 11 is 5.79. The molecule has 0 aromatic heterocycles. The summed E-state index contributed by atoms with van der Waals surface area (Å²) in [5.74, 6) is 0.382. The van der Waals surface area contributed by atoms with Gasteiger partial charge in [0.1, 0.15) is 0 Å². The van der Waals surface area contributed by atoms with E-state index in [1.165, 1.54) is 0 Å². The van der Waals surface area contributed by atoms with Crippen LogP contribution in [0.5, 0.6) is 0 Å². The first kappa shape index (κ1) is 12.4. The van der Waals surface area contributed by atoms with Gasteiger partial charge in [-0.2, -0.15) is 0 Å². The molecule has 2 rings (SSSR count). The van der Waals surface area contributed by atoms with Crippen LogP contribution in [0.15, 0.2) is 24.3 Å². The van der Waals surface area contributed by atoms with Crippen LogP contribution >= 0.6 is 11.6 Å². The molecule has 1 aliphatic rings. The third-order valence-corrected chi connectivity index (χ3v) is 3.42. The number of nitrogens with zero attached hydrogens (tertiary/aromatic N) is 1. The molecule has 1 N–H and O–H groups in total. The van der Waals surface area contributed by atoms with Crippen LogP contribution in [0.4, 0.5) is 0 Å². The standard InChI is InChI=1S/C13H16ClNO2/c14-12-3-1-10(2-4-12)7-13(17)15-6-5-11(8-15)9-16/h1-4,11,16H,5-9H2. The van der Waals surface area contributed by atoms with Crippen molar-refractivity contribution in [1.82, 2.24) is 4.90 Å². The summed E-state index contributed by atoms with van der Waals surface area (Å²) in [6.07, 6.45) is 1.32. The number of aliphatic hydroxyl groups is 1. The molecule has 17 heavy (non-hydrogen) atoms. The normalized spacial score (nSPS) is 19.6. The topological polar surface area (TPSA) is 40.5 Å². The van der Waals surface area contributed by atoms with E-state index < -0.39 is 0 Å². The molecule has 0 saturated carbocycles. The minimum Gasteiger partial charge on any atom is -0.396 e. The first-order chi connectivity index (χ1) is 8.19. The predicted molar refractivity (Wildman–Crippen MR) is 66.9 cm³/mol. The van der Waals surface area contributed by atoms with E-state index in [4.69, 9.17) is 16.7 Å². The SMILES string of the molecule is O=C(Cc1ccc(Cl)cc1)N1CCC(CO)C1. The van der Waals surface area contributed by atoms with Crippen molar-refractivity contribution in [3.05, 3.63) is 34.9 Å². The molecule has 92 valence electrons. The van der Waals surface area contributed by atoms with Gasteiger partial charge in [0.2, 0.25) is 5.91 Å². The van der Waals surface area contributed by atoms with E-state index in [0.717, 1.165) is 18.5 Å². The number of aliphatic hydroxyl groups excluding tert-OH is 1. The number of hydrogen-bond acceptors (Lipinski definition) is 2. The zero-order valence-electron chi connectivity index (χ0n) is 9.60. The fourth-order valence-electron chi connectivity index (χ4n) is 2.10. The molecule has 0 spiro atoms. The second-order valence-electron chi connectivity index (χ2n) is 4.48. The summed E-state index contributed by atoms with van der Waals surface area (Å²) in [6.45, 7) is 1.62. The summed E-state index contributed by atoms with van der Waals surface area (Å²) in [5.41, 5.74) is 0.979. The Kier molecular flexibility index (Phi) is 4.02. The fraction of sp³-hybridized carbons (Fsp3) is 0.462. The van der Waals surface area contributed by atoms with Crippen LogP contribution in [0, 0.1) is 5.92 Å². The lowest BCUT2D eigenvalue weighted by Gasteiger charge is -2.16. The van der Waals surface area contributed by atoms with Crippen molar-refractivity contribution in [2.45, 2.75) is 12.8 Å². The van der Waals surface area contributed by atoms with Gasteiger partial charge in [-0.05, 0) is 24.1 Å². The Morgan fingerprint density at radius 2 is 2.12 bits per heavy atom. The summed E-state index contributed by atoms with van der Waals surface area (Å²) < 4.78 is 0. The summed E-state index contributed by atoms with van der Waals surface area (Å²) in [4.78, 5) is 13.8. The van der Waals surface area contributed by atoms with E-state index in [1.54, 1.807) is 12.1 Å². The molecule has 1 atom stereocenters. The van der Waals surface area contributed by atoms with Crippen molar-refractivity contribution >= 4 is 17.5 Å². The first-order valence-electron chi connectivity index (χ1n) is 5.82. The largest absolute Gasteiger partial charge is 0.396 e. The fourth-order valence-corrected chi connectivity index (χ4v) is 2.22. The molecule has 3 nitrogen and oxygen atoms in total. The first-order valence-corrected chi connectivity index (χ1v) is 6.20. The van der Waals surface area contributed by atoms with E-state index in [2.05, 4.69) is 0 Å². The van der Waals surface area contributed by atoms with Gasteiger partial charge in [0.25, 0.3) is 0 Å². The highest BCUT2D eigenvalue weighted by Gasteiger charge is 2.25. The number of carbonyl (C=O) groups excluding carboxylic acids is 1. The van der Waals surface area contributed by atoms with Crippen molar-refractivity contribution in [2.24, 2.45) is 5.92 Å². The van der Waals surface area contributed by atoms with Crippen LogP contribution in [0.2, 0.25) is 5.02 Å². The third kappa shape index (κ3) is 3.20. The lowest BCUT2D eigenvalue weighted by molar-refractivity contribution is -0.129. The molecule has 1 amide bonds. The summed E-state index contributed by atoms with van der Waals surface area (Å²) in [7, 11) is 0. The van der Waals surface area contributed by atoms with Crippen molar-refractivity contribution in [3.63, 3.8) is 0 Å². The highest BCUT2D eigenvalue weighted by molar-refractivity contribution is 6.30. The quantitative estimate of drug-likeness (QED) is 0.891. The van der Waals surface area contributed by atoms with Gasteiger partial charge in [0.05, 0.1) is 6.42 Å². The monoisotopic (exact) mass is 253 g/mol. The van der Waals surface area contributed by atoms with E-state index in [9.17, 15) is 4.79 Å². The van der Waals surface area contributed by atoms with E-state index in [0.29, 0.717) is 18.0 Å². The van der Waals surface area contributed by atoms with Gasteiger partial charge in [0.15, 0.2) is 0 Å². The number of likely N-dealkylation sites (tertiary alicyclic amines) is 1. The van der Waals surface area contributed by atoms with E-state index in [-0.39, 0.29) is 18.4 Å². The number of rotatable bonds is 3. The molecule has 1 aliphatic heterocycles. The van der Waals surface area contributed by atoms with E-state index >= 15 is 0 Å². The minimum atomic E-state index is 0.128. The highest BCUT2D eigenvalue weighted by atomic mass is 35.5. The second kappa shape index (κ2) is 5.52. The molecule has 0 aliphatic carbocycles. The molecule has 1 aromatic rings. The zero-order chi connectivity index (χ0) is 12.3. The van der Waals surface area contributed by atoms with Crippen LogP contribution in [0.1, 0.15) is 12.0 Å². The average molecular weight is 254 g/mol. The van der Waals surface area contributed by atoms with Gasteiger partial charge >= 0.3 is 0 Å². The predicted octanol–water partition coefficient (Wildman–Crippen LogP) is 1.72. The van der Waals surface area contributed by atoms with Crippen molar-refractivity contribution < 1.29 is 9.90 Å². The van der Waals surface area contributed by atoms with Crippen LogP contribution < -0.4 is 0 Å². The Labute approximate surface area is 106 Å². The Morgan fingerprint density at radius 3 is 2.71 bits per heavy atom. The minimum absolute atomic E-state index is 0.128. The van der Waals surface area contributed by atoms with Crippen LogP contribution in [-0.2, 0) is 11.2 Å². The van der Waals surface area contributed by atoms with Crippen LogP contribution in [0.3, 0.4) is 0 Å². The molecule has 1 heterocycles. The molecular weight excluding hydrogens is 238 g/mol. The summed E-state index contributed by atoms with van der Waals surface area (Å²) in [6, 6.07) is 7.34. The highest BCUT2D eigenvalue weighted by Crippen LogP contribution is 2.17. The molecule has 0 bridgehead atoms. The Bertz CT molecular complexity index is 391. The Hall–Kier alpha value is -1.06. The number of benzene rings is 1. The van der Waals surface area contributed by atoms with Gasteiger partial charge in [-0.3, -0.25) is 4.79 Å². The van der Waals surface area contributed by atoms with Crippen LogP contribution in [-0.4, -0.2) is 35.6 Å². The number of amides is 1. The van der Waals surface area contributed by atoms with Gasteiger partial charge in [0, 0.05) is 30.6 Å². The molecule has 1 saturated heterocycles. The number of carbonyl (C=O) groups is 1. The second-order valence-corrected chi connectivity index (χ2v) is 4.92. The van der Waals surface area contributed by atoms with Gasteiger partial charge in [-0.1, -0.05) is 23.7 Å². The van der Waals surface area contributed by atoms with Gasteiger partial charge in [-0.15, -0.1) is 0 Å². The lowest BCUT2D eigenvalue weighted by atomic mass is 10.1. The molecule has 4 heteroatoms. The van der Waals surface area contributed by atoms with Crippen LogP contribution in [0.25, 0.3) is 0 Å². The maximum absolute atomic E-state index is 12.0. The maximum atomic E-state index is 12.0. The van der Waals surface area contributed by atoms with Gasteiger partial charge < -0.3 is 10.0 Å². The Balaban J connectivity index is 1.91. The molecule has 1 aromatic carbocycles. The van der Waals surface area contributed by atoms with E-state index in [1.807, 2.05) is 17.0 Å². The number of hydrogen-bond donors (Lipinski definition) is 1. The zero-order valence-corrected chi connectivity index (χ0v) is 10.4. The Morgan fingerprint density at radius 1 is 1.41 bits per heavy atom. The maximum Gasteiger partial charge on any atom is 0.227 e. The average Bonchev–Trinajstić information content (AvgIpc) is 2.81. The van der Waals surface area contributed by atoms with Crippen molar-refractivity contribution in [1.29, 1.82) is 0 Å². The lowest BCUT2D eigenvalue weighted by Crippen LogP contribution is -2.30. The van der Waals surface area contributed by atoms with Gasteiger partial charge in [-0.25, -0.2) is 0 Å². The molecule has 1 unspecified atom stereocenters. The van der Waals surface area contributed by atoms with Crippen molar-refractivity contribution in [2.75, 3.05) is 19.7 Å². The summed E-state index contributed by atoms with van der Waals surface area (Å²) in [5, 5.41) is 9.72. The van der Waals surface area contributed by atoms with Crippen molar-refractivity contribution in [3.8, 4) is 0 Å². The molecular formula is C13H16ClNO2. The smallest absolute Gasteiger partial charge is 0.227 e. The number of halogens is 1. The molecule has 1 fully saturated rings.